The summed E-state index contributed by atoms with van der Waals surface area (Å²) in [7, 11) is 0. The number of carbonyl (C=O) groups is 2. The maximum atomic E-state index is 9.45. The molecule has 0 aromatic heterocycles. The van der Waals surface area contributed by atoms with Crippen molar-refractivity contribution in [3.05, 3.63) is 0 Å². The van der Waals surface area contributed by atoms with Gasteiger partial charge < -0.3 is 25.9 Å². The van der Waals surface area contributed by atoms with Gasteiger partial charge in [0.25, 0.3) is 0 Å². The number of hydrogen-bond acceptors (Lipinski definition) is 4. The topological polar surface area (TPSA) is 147 Å². The first kappa shape index (κ1) is 23.3. The molecule has 7 nitrogen and oxygen atoms in total. The summed E-state index contributed by atoms with van der Waals surface area (Å²) in [6.07, 6.45) is -2.46. The number of hydrogen-bond donors (Lipinski definition) is 4. The molecule has 91 valence electrons. The van der Waals surface area contributed by atoms with E-state index in [9.17, 15) is 9.59 Å². The van der Waals surface area contributed by atoms with Crippen LogP contribution in [0, 0.1) is 0 Å². The van der Waals surface area contributed by atoms with Crippen LogP contribution in [-0.4, -0.2) is 50.0 Å². The zero-order chi connectivity index (χ0) is 10.3. The third-order valence-electron chi connectivity index (χ3n) is 0.715. The summed E-state index contributed by atoms with van der Waals surface area (Å²) in [5, 5.41) is 31.5. The monoisotopic (exact) mass is 261 g/mol. The Kier molecular flexibility index (Phi) is 20.5. The third kappa shape index (κ3) is 22.5. The number of rotatable bonds is 2. The first-order chi connectivity index (χ1) is 5.29. The van der Waals surface area contributed by atoms with E-state index in [1.165, 1.54) is 13.8 Å². The van der Waals surface area contributed by atoms with Gasteiger partial charge in [0, 0.05) is 17.1 Å². The van der Waals surface area contributed by atoms with Crippen molar-refractivity contribution in [2.24, 2.45) is 0 Å². The molecule has 2 atom stereocenters. The molecule has 0 amide bonds. The van der Waals surface area contributed by atoms with E-state index in [1.807, 2.05) is 0 Å². The van der Waals surface area contributed by atoms with Gasteiger partial charge in [0.1, 0.15) is 12.2 Å². The van der Waals surface area contributed by atoms with Crippen LogP contribution in [0.15, 0.2) is 0 Å². The predicted molar refractivity (Wildman–Crippen MR) is 42.2 cm³/mol. The van der Waals surface area contributed by atoms with E-state index >= 15 is 0 Å². The molecule has 0 bridgehead atoms. The molecule has 0 heterocycles. The molecule has 0 aliphatic heterocycles. The van der Waals surface area contributed by atoms with Gasteiger partial charge in [-0.1, -0.05) is 0 Å². The van der Waals surface area contributed by atoms with Crippen LogP contribution < -0.4 is 0 Å². The van der Waals surface area contributed by atoms with E-state index in [4.69, 9.17) is 20.4 Å². The molecule has 14 heavy (non-hydrogen) atoms. The minimum atomic E-state index is -1.23. The van der Waals surface area contributed by atoms with Crippen molar-refractivity contribution in [1.29, 1.82) is 0 Å². The Bertz CT molecular complexity index is 138. The summed E-state index contributed by atoms with van der Waals surface area (Å²) in [5.74, 6) is -2.37. The van der Waals surface area contributed by atoms with Gasteiger partial charge >= 0.3 is 11.9 Å². The summed E-state index contributed by atoms with van der Waals surface area (Å²) < 4.78 is 0. The van der Waals surface area contributed by atoms with E-state index in [0.717, 1.165) is 0 Å². The largest absolute Gasteiger partial charge is 0.479 e. The molecule has 0 saturated carbocycles. The predicted octanol–water partition coefficient (Wildman–Crippen LogP) is -1.92. The first-order valence-electron chi connectivity index (χ1n) is 3.10. The fraction of sp³-hybridized carbons (Fsp3) is 0.667. The van der Waals surface area contributed by atoms with Gasteiger partial charge in [-0.25, -0.2) is 9.59 Å². The van der Waals surface area contributed by atoms with Crippen LogP contribution in [0.1, 0.15) is 13.8 Å². The number of carboxylic acid groups (broad SMARTS) is 2. The summed E-state index contributed by atoms with van der Waals surface area (Å²) in [5.41, 5.74) is 0. The molecule has 0 aromatic carbocycles. The van der Waals surface area contributed by atoms with Gasteiger partial charge in [-0.2, -0.15) is 0 Å². The molecule has 0 aliphatic carbocycles. The van der Waals surface area contributed by atoms with Gasteiger partial charge in [0.2, 0.25) is 0 Å². The molecule has 8 heteroatoms. The number of aliphatic carboxylic acids is 2. The Morgan fingerprint density at radius 2 is 1.00 bits per heavy atom. The molecule has 0 rings (SSSR count). The molecule has 6 N–H and O–H groups in total. The van der Waals surface area contributed by atoms with Gasteiger partial charge in [-0.3, -0.25) is 0 Å². The SMILES string of the molecule is CC(O)C(=O)O.CC(O)C(=O)O.O.[Cu]. The summed E-state index contributed by atoms with van der Waals surface area (Å²) in [6.45, 7) is 2.39. The van der Waals surface area contributed by atoms with Gasteiger partial charge in [0.15, 0.2) is 0 Å². The maximum Gasteiger partial charge on any atom is 0.332 e. The van der Waals surface area contributed by atoms with Crippen molar-refractivity contribution in [2.75, 3.05) is 0 Å². The van der Waals surface area contributed by atoms with Crippen LogP contribution in [0.2, 0.25) is 0 Å². The summed E-state index contributed by atoms with van der Waals surface area (Å²) in [6, 6.07) is 0. The maximum absolute atomic E-state index is 9.45. The molecule has 0 spiro atoms. The van der Waals surface area contributed by atoms with Crippen molar-refractivity contribution in [3.63, 3.8) is 0 Å². The van der Waals surface area contributed by atoms with Gasteiger partial charge in [0.05, 0.1) is 0 Å². The second-order valence-electron chi connectivity index (χ2n) is 2.03. The minimum absolute atomic E-state index is 0. The zero-order valence-electron chi connectivity index (χ0n) is 7.56. The van der Waals surface area contributed by atoms with Crippen molar-refractivity contribution in [3.8, 4) is 0 Å². The number of carboxylic acids is 2. The Hall–Kier alpha value is -0.661. The minimum Gasteiger partial charge on any atom is -0.479 e. The fourth-order valence-electron chi connectivity index (χ4n) is 0. The van der Waals surface area contributed by atoms with Crippen LogP contribution in [0.25, 0.3) is 0 Å². The van der Waals surface area contributed by atoms with E-state index < -0.39 is 24.1 Å². The van der Waals surface area contributed by atoms with E-state index in [1.54, 1.807) is 0 Å². The molecular formula is C6H14CuO7. The molecule has 0 fully saturated rings. The number of aliphatic hydroxyl groups is 2. The normalized spacial score (nSPS) is 11.7. The van der Waals surface area contributed by atoms with Crippen molar-refractivity contribution in [2.45, 2.75) is 26.1 Å². The standard InChI is InChI=1S/2C3H6O3.Cu.H2O/c2*1-2(4)3(5)6;;/h2*2,4H,1H3,(H,5,6);;1H2. The van der Waals surface area contributed by atoms with Gasteiger partial charge in [-0.05, 0) is 13.8 Å². The van der Waals surface area contributed by atoms with Crippen molar-refractivity contribution < 1.29 is 52.6 Å². The summed E-state index contributed by atoms with van der Waals surface area (Å²) in [4.78, 5) is 18.9. The third-order valence-corrected chi connectivity index (χ3v) is 0.715. The molecule has 1 radical (unpaired) electrons. The second-order valence-corrected chi connectivity index (χ2v) is 2.03. The molecule has 0 aromatic rings. The van der Waals surface area contributed by atoms with Crippen LogP contribution in [0.3, 0.4) is 0 Å². The Balaban J connectivity index is -0.0000000625. The van der Waals surface area contributed by atoms with Crippen molar-refractivity contribution >= 4 is 11.9 Å². The van der Waals surface area contributed by atoms with Gasteiger partial charge in [-0.15, -0.1) is 0 Å². The average molecular weight is 262 g/mol. The second kappa shape index (κ2) is 12.3. The van der Waals surface area contributed by atoms with E-state index in [-0.39, 0.29) is 22.5 Å². The van der Waals surface area contributed by atoms with Crippen LogP contribution >= 0.6 is 0 Å². The molecule has 0 saturated heterocycles. The Labute approximate surface area is 91.1 Å². The van der Waals surface area contributed by atoms with Crippen LogP contribution in [-0.2, 0) is 26.7 Å². The molecular weight excluding hydrogens is 248 g/mol. The first-order valence-corrected chi connectivity index (χ1v) is 3.10. The number of aliphatic hydroxyl groups excluding tert-OH is 2. The van der Waals surface area contributed by atoms with E-state index in [0.29, 0.717) is 0 Å². The zero-order valence-corrected chi connectivity index (χ0v) is 8.50. The quantitative estimate of drug-likeness (QED) is 0.426. The molecule has 2 unspecified atom stereocenters. The fourth-order valence-corrected chi connectivity index (χ4v) is 0. The van der Waals surface area contributed by atoms with Crippen LogP contribution in [0.5, 0.6) is 0 Å². The Morgan fingerprint density at radius 1 is 0.929 bits per heavy atom. The molecule has 0 aliphatic rings. The Morgan fingerprint density at radius 3 is 1.00 bits per heavy atom. The van der Waals surface area contributed by atoms with E-state index in [2.05, 4.69) is 0 Å². The van der Waals surface area contributed by atoms with Crippen LogP contribution in [0.4, 0.5) is 0 Å². The average Bonchev–Trinajstić information content (AvgIpc) is 1.88. The smallest absolute Gasteiger partial charge is 0.332 e. The van der Waals surface area contributed by atoms with Crippen molar-refractivity contribution in [1.82, 2.24) is 0 Å². The summed E-state index contributed by atoms with van der Waals surface area (Å²) >= 11 is 0.